The maximum absolute atomic E-state index is 10.4. The van der Waals surface area contributed by atoms with Crippen LogP contribution in [0, 0.1) is 0 Å². The number of rotatable bonds is 4. The highest BCUT2D eigenvalue weighted by Crippen LogP contribution is 2.60. The van der Waals surface area contributed by atoms with Crippen LogP contribution in [0.1, 0.15) is 6.92 Å². The highest BCUT2D eigenvalue weighted by Gasteiger charge is 2.64. The quantitative estimate of drug-likeness (QED) is 0.641. The van der Waals surface area contributed by atoms with Gasteiger partial charge in [0.2, 0.25) is 0 Å². The van der Waals surface area contributed by atoms with Gasteiger partial charge >= 0.3 is 24.4 Å². The van der Waals surface area contributed by atoms with Crippen LogP contribution in [0.25, 0.3) is 0 Å². The summed E-state index contributed by atoms with van der Waals surface area (Å²) in [7, 11) is -3.94. The third kappa shape index (κ3) is 2.29. The zero-order chi connectivity index (χ0) is 9.94. The molecule has 3 N–H and O–H groups in total. The molecule has 0 spiro atoms. The van der Waals surface area contributed by atoms with Crippen molar-refractivity contribution in [3.8, 4) is 0 Å². The normalized spacial score (nSPS) is 9.92. The van der Waals surface area contributed by atoms with E-state index in [9.17, 15) is 14.4 Å². The van der Waals surface area contributed by atoms with Crippen LogP contribution in [-0.2, 0) is 0 Å². The maximum Gasteiger partial charge on any atom is 0.473 e. The predicted molar refractivity (Wildman–Crippen MR) is 48.8 cm³/mol. The van der Waals surface area contributed by atoms with Crippen molar-refractivity contribution in [1.29, 1.82) is 0 Å². The first kappa shape index (κ1) is 14.6. The van der Waals surface area contributed by atoms with Crippen LogP contribution < -0.4 is 0 Å². The van der Waals surface area contributed by atoms with Gasteiger partial charge in [-0.3, -0.25) is 0 Å². The minimum absolute atomic E-state index is 0. The Bertz CT molecular complexity index is 203. The summed E-state index contributed by atoms with van der Waals surface area (Å²) in [4.78, 5) is 31.3. The summed E-state index contributed by atoms with van der Waals surface area (Å²) in [6.07, 6.45) is -0.382. The summed E-state index contributed by atoms with van der Waals surface area (Å²) in [6.45, 7) is 1.24. The van der Waals surface area contributed by atoms with Crippen LogP contribution in [0.4, 0.5) is 14.4 Å². The molecule has 0 saturated heterocycles. The summed E-state index contributed by atoms with van der Waals surface area (Å²) in [6, 6.07) is 0. The Morgan fingerprint density at radius 3 is 1.23 bits per heavy atom. The number of halogens is 1. The van der Waals surface area contributed by atoms with Crippen molar-refractivity contribution in [2.45, 2.75) is 6.92 Å². The molecule has 0 aromatic heterocycles. The molecule has 0 unspecified atom stereocenters. The monoisotopic (exact) mass is 231 g/mol. The molecular formula is C5H9ClO6P+. The zero-order valence-corrected chi connectivity index (χ0v) is 8.34. The number of hydrogen-bond donors (Lipinski definition) is 3. The Morgan fingerprint density at radius 2 is 1.23 bits per heavy atom. The van der Waals surface area contributed by atoms with E-state index in [-0.39, 0.29) is 18.6 Å². The number of carbonyl (C=O) groups is 3. The van der Waals surface area contributed by atoms with E-state index in [4.69, 9.17) is 15.3 Å². The van der Waals surface area contributed by atoms with E-state index in [1.165, 1.54) is 6.92 Å². The lowest BCUT2D eigenvalue weighted by molar-refractivity contribution is 0.207. The molecule has 0 heterocycles. The molecule has 0 atom stereocenters. The van der Waals surface area contributed by atoms with Crippen LogP contribution in [-0.4, -0.2) is 38.6 Å². The largest absolute Gasteiger partial charge is 0.473 e. The van der Waals surface area contributed by atoms with Gasteiger partial charge in [-0.2, -0.15) is 0 Å². The molecule has 0 aromatic carbocycles. The Morgan fingerprint density at radius 1 is 1.00 bits per heavy atom. The van der Waals surface area contributed by atoms with E-state index in [1.807, 2.05) is 0 Å². The summed E-state index contributed by atoms with van der Waals surface area (Å²) in [5, 5.41) is 25.4. The fraction of sp³-hybridized carbons (Fsp3) is 0.400. The predicted octanol–water partition coefficient (Wildman–Crippen LogP) is 2.48. The molecule has 76 valence electrons. The molecule has 0 rings (SSSR count). The molecule has 0 aliphatic heterocycles. The summed E-state index contributed by atoms with van der Waals surface area (Å²) < 4.78 is 0. The van der Waals surface area contributed by atoms with Crippen molar-refractivity contribution in [3.05, 3.63) is 0 Å². The van der Waals surface area contributed by atoms with Gasteiger partial charge in [-0.1, -0.05) is 0 Å². The Labute approximate surface area is 80.3 Å². The topological polar surface area (TPSA) is 112 Å². The smallest absolute Gasteiger partial charge is 0.451 e. The first-order valence-corrected chi connectivity index (χ1v) is 4.95. The van der Waals surface area contributed by atoms with Crippen LogP contribution >= 0.6 is 19.7 Å². The first-order chi connectivity index (χ1) is 5.39. The fourth-order valence-corrected chi connectivity index (χ4v) is 1.95. The fourth-order valence-electron chi connectivity index (χ4n) is 0.651. The van der Waals surface area contributed by atoms with Crippen LogP contribution in [0.3, 0.4) is 0 Å². The SMILES string of the molecule is CC[P+](C(=O)O)(C(=O)O)C(=O)O.Cl. The molecule has 0 amide bonds. The highest BCUT2D eigenvalue weighted by molar-refractivity contribution is 8.14. The van der Waals surface area contributed by atoms with Crippen LogP contribution in [0.5, 0.6) is 0 Å². The van der Waals surface area contributed by atoms with E-state index in [0.717, 1.165) is 0 Å². The van der Waals surface area contributed by atoms with Gasteiger partial charge in [0, 0.05) is 0 Å². The van der Waals surface area contributed by atoms with E-state index in [1.54, 1.807) is 0 Å². The molecule has 0 saturated carbocycles. The number of hydrogen-bond acceptors (Lipinski definition) is 3. The summed E-state index contributed by atoms with van der Waals surface area (Å²) in [5.74, 6) is 0. The van der Waals surface area contributed by atoms with Gasteiger partial charge in [0.1, 0.15) is 0 Å². The van der Waals surface area contributed by atoms with Gasteiger partial charge in [-0.15, -0.1) is 12.4 Å². The van der Waals surface area contributed by atoms with Gasteiger partial charge in [0.05, 0.1) is 6.16 Å². The maximum atomic E-state index is 10.4. The summed E-state index contributed by atoms with van der Waals surface area (Å²) >= 11 is 0. The lowest BCUT2D eigenvalue weighted by Gasteiger charge is -2.06. The third-order valence-corrected chi connectivity index (χ3v) is 4.36. The van der Waals surface area contributed by atoms with Crippen molar-refractivity contribution >= 4 is 36.8 Å². The second-order valence-electron chi connectivity index (χ2n) is 1.97. The Balaban J connectivity index is 0. The highest BCUT2D eigenvalue weighted by atomic mass is 35.5. The molecule has 8 heteroatoms. The van der Waals surface area contributed by atoms with E-state index in [2.05, 4.69) is 0 Å². The molecule has 0 aliphatic rings. The van der Waals surface area contributed by atoms with Crippen molar-refractivity contribution in [2.75, 3.05) is 6.16 Å². The average molecular weight is 232 g/mol. The van der Waals surface area contributed by atoms with Crippen molar-refractivity contribution < 1.29 is 29.7 Å². The lowest BCUT2D eigenvalue weighted by atomic mass is 11.0. The zero-order valence-electron chi connectivity index (χ0n) is 6.63. The van der Waals surface area contributed by atoms with E-state index >= 15 is 0 Å². The van der Waals surface area contributed by atoms with Crippen LogP contribution in [0.2, 0.25) is 0 Å². The van der Waals surface area contributed by atoms with Gasteiger partial charge in [-0.05, 0) is 6.92 Å². The molecule has 0 fully saturated rings. The average Bonchev–Trinajstić information content (AvgIpc) is 1.86. The van der Waals surface area contributed by atoms with Crippen molar-refractivity contribution in [2.24, 2.45) is 0 Å². The second-order valence-corrected chi connectivity index (χ2v) is 5.37. The van der Waals surface area contributed by atoms with Gasteiger partial charge in [-0.25, -0.2) is 14.4 Å². The van der Waals surface area contributed by atoms with E-state index in [0.29, 0.717) is 0 Å². The minimum Gasteiger partial charge on any atom is -0.451 e. The molecule has 0 aliphatic carbocycles. The van der Waals surface area contributed by atoms with Crippen molar-refractivity contribution in [3.63, 3.8) is 0 Å². The molecule has 13 heavy (non-hydrogen) atoms. The molecule has 0 aromatic rings. The molecule has 6 nitrogen and oxygen atoms in total. The van der Waals surface area contributed by atoms with Gasteiger partial charge < -0.3 is 15.3 Å². The van der Waals surface area contributed by atoms with Gasteiger partial charge in [0.15, 0.2) is 0 Å². The van der Waals surface area contributed by atoms with Crippen molar-refractivity contribution in [1.82, 2.24) is 0 Å². The first-order valence-electron chi connectivity index (χ1n) is 2.98. The molecule has 0 bridgehead atoms. The minimum atomic E-state index is -3.94. The lowest BCUT2D eigenvalue weighted by Crippen LogP contribution is -2.21. The Hall–Kier alpha value is -0.870. The van der Waals surface area contributed by atoms with Crippen LogP contribution in [0.15, 0.2) is 0 Å². The van der Waals surface area contributed by atoms with Gasteiger partial charge in [0.25, 0.3) is 0 Å². The summed E-state index contributed by atoms with van der Waals surface area (Å²) in [5.41, 5.74) is -5.24. The number of carboxylic acid groups (broad SMARTS) is 3. The van der Waals surface area contributed by atoms with E-state index < -0.39 is 24.4 Å². The Kier molecular flexibility index (Phi) is 5.62. The third-order valence-electron chi connectivity index (χ3n) is 1.45. The second kappa shape index (κ2) is 4.99. The molecular weight excluding hydrogens is 222 g/mol. The standard InChI is InChI=1S/C5H7O6P.ClH/c1-2-12(3(6)7,4(8)9)5(10)11;/h2H2,1H3,(H2-,6,7,8,9,10,11);1H/p+1. The molecule has 0 radical (unpaired) electrons.